The summed E-state index contributed by atoms with van der Waals surface area (Å²) in [4.78, 5) is 29.7. The van der Waals surface area contributed by atoms with E-state index in [1.165, 1.54) is 24.3 Å². The molecule has 0 unspecified atom stereocenters. The van der Waals surface area contributed by atoms with Gasteiger partial charge >= 0.3 is 5.97 Å². The Kier molecular flexibility index (Phi) is 13.5. The summed E-state index contributed by atoms with van der Waals surface area (Å²) in [6.45, 7) is 5.04. The first-order chi connectivity index (χ1) is 14.1. The SMILES string of the molecule is CCCCCC/C=C/c1ccccc1C(=O)N(CCCC(=O)O)OCCCCC. The van der Waals surface area contributed by atoms with E-state index in [-0.39, 0.29) is 18.9 Å². The number of carboxylic acid groups (broad SMARTS) is 1. The average Bonchev–Trinajstić information content (AvgIpc) is 2.72. The number of carbonyl (C=O) groups is 2. The maximum absolute atomic E-state index is 13.1. The molecule has 0 saturated carbocycles. The first-order valence-corrected chi connectivity index (χ1v) is 11.0. The minimum atomic E-state index is -0.866. The van der Waals surface area contributed by atoms with Gasteiger partial charge in [0.15, 0.2) is 0 Å². The van der Waals surface area contributed by atoms with E-state index in [1.807, 2.05) is 24.3 Å². The highest BCUT2D eigenvalue weighted by molar-refractivity contribution is 5.97. The van der Waals surface area contributed by atoms with Gasteiger partial charge in [-0.2, -0.15) is 0 Å². The number of hydroxylamine groups is 2. The largest absolute Gasteiger partial charge is 0.481 e. The topological polar surface area (TPSA) is 66.8 Å². The maximum Gasteiger partial charge on any atom is 0.303 e. The lowest BCUT2D eigenvalue weighted by molar-refractivity contribution is -0.140. The predicted octanol–water partition coefficient (Wildman–Crippen LogP) is 6.10. The molecule has 29 heavy (non-hydrogen) atoms. The lowest BCUT2D eigenvalue weighted by Crippen LogP contribution is -2.33. The number of nitrogens with zero attached hydrogens (tertiary/aromatic N) is 1. The van der Waals surface area contributed by atoms with Crippen LogP contribution in [0.15, 0.2) is 30.3 Å². The lowest BCUT2D eigenvalue weighted by atomic mass is 10.0. The van der Waals surface area contributed by atoms with Gasteiger partial charge in [-0.15, -0.1) is 0 Å². The third-order valence-corrected chi connectivity index (χ3v) is 4.69. The van der Waals surface area contributed by atoms with E-state index in [9.17, 15) is 9.59 Å². The second-order valence-corrected chi connectivity index (χ2v) is 7.28. The molecule has 0 atom stereocenters. The number of benzene rings is 1. The highest BCUT2D eigenvalue weighted by atomic mass is 16.7. The third kappa shape index (κ3) is 10.8. The minimum Gasteiger partial charge on any atom is -0.481 e. The maximum atomic E-state index is 13.1. The molecule has 0 aliphatic rings. The molecule has 1 rings (SSSR count). The standard InChI is InChI=1S/C24H37NO4/c1-3-5-7-8-9-10-15-21-16-11-12-17-22(21)24(28)25(19-14-18-23(26)27)29-20-13-6-4-2/h10-12,15-17H,3-9,13-14,18-20H2,1-2H3,(H,26,27)/b15-10+. The summed E-state index contributed by atoms with van der Waals surface area (Å²) in [5.74, 6) is -1.08. The Balaban J connectivity index is 2.79. The molecule has 162 valence electrons. The number of unbranched alkanes of at least 4 members (excludes halogenated alkanes) is 6. The molecule has 0 aliphatic carbocycles. The zero-order valence-corrected chi connectivity index (χ0v) is 18.1. The van der Waals surface area contributed by atoms with Crippen LogP contribution in [0.4, 0.5) is 0 Å². The highest BCUT2D eigenvalue weighted by Crippen LogP contribution is 2.16. The monoisotopic (exact) mass is 403 g/mol. The predicted molar refractivity (Wildman–Crippen MR) is 118 cm³/mol. The van der Waals surface area contributed by atoms with Crippen molar-refractivity contribution in [3.8, 4) is 0 Å². The summed E-state index contributed by atoms with van der Waals surface area (Å²) >= 11 is 0. The van der Waals surface area contributed by atoms with Gasteiger partial charge in [-0.05, 0) is 37.3 Å². The van der Waals surface area contributed by atoms with Crippen molar-refractivity contribution >= 4 is 18.0 Å². The Morgan fingerprint density at radius 2 is 1.72 bits per heavy atom. The molecule has 0 bridgehead atoms. The lowest BCUT2D eigenvalue weighted by Gasteiger charge is -2.22. The van der Waals surface area contributed by atoms with Crippen LogP contribution in [-0.4, -0.2) is 35.2 Å². The van der Waals surface area contributed by atoms with Gasteiger partial charge in [0.1, 0.15) is 0 Å². The molecule has 0 fully saturated rings. The summed E-state index contributed by atoms with van der Waals surface area (Å²) in [6.07, 6.45) is 13.3. The number of hydrogen-bond donors (Lipinski definition) is 1. The molecule has 0 aliphatic heterocycles. The van der Waals surface area contributed by atoms with Gasteiger partial charge in [0.25, 0.3) is 5.91 Å². The van der Waals surface area contributed by atoms with Crippen LogP contribution in [0, 0.1) is 0 Å². The van der Waals surface area contributed by atoms with Gasteiger partial charge in [0.05, 0.1) is 6.61 Å². The van der Waals surface area contributed by atoms with Gasteiger partial charge in [-0.3, -0.25) is 14.4 Å². The van der Waals surface area contributed by atoms with Crippen LogP contribution < -0.4 is 0 Å². The smallest absolute Gasteiger partial charge is 0.303 e. The number of allylic oxidation sites excluding steroid dienone is 1. The van der Waals surface area contributed by atoms with Gasteiger partial charge in [0, 0.05) is 18.5 Å². The number of rotatable bonds is 16. The fourth-order valence-corrected chi connectivity index (χ4v) is 3.00. The van der Waals surface area contributed by atoms with E-state index < -0.39 is 5.97 Å². The van der Waals surface area contributed by atoms with E-state index in [0.717, 1.165) is 37.7 Å². The Bertz CT molecular complexity index is 627. The molecule has 0 aromatic heterocycles. The van der Waals surface area contributed by atoms with Crippen LogP contribution in [0.2, 0.25) is 0 Å². The van der Waals surface area contributed by atoms with Crippen LogP contribution in [0.25, 0.3) is 6.08 Å². The molecule has 1 aromatic rings. The van der Waals surface area contributed by atoms with Crippen molar-refractivity contribution in [1.29, 1.82) is 0 Å². The Morgan fingerprint density at radius 1 is 1.00 bits per heavy atom. The van der Waals surface area contributed by atoms with Crippen molar-refractivity contribution in [2.75, 3.05) is 13.2 Å². The quantitative estimate of drug-likeness (QED) is 0.267. The second-order valence-electron chi connectivity index (χ2n) is 7.28. The van der Waals surface area contributed by atoms with E-state index in [1.54, 1.807) is 6.07 Å². The molecule has 1 aromatic carbocycles. The summed E-state index contributed by atoms with van der Waals surface area (Å²) in [5, 5.41) is 10.2. The number of aliphatic carboxylic acids is 1. The number of amides is 1. The molecule has 0 radical (unpaired) electrons. The van der Waals surface area contributed by atoms with E-state index in [0.29, 0.717) is 18.6 Å². The Labute approximate surface area is 175 Å². The molecule has 0 spiro atoms. The third-order valence-electron chi connectivity index (χ3n) is 4.69. The fourth-order valence-electron chi connectivity index (χ4n) is 3.00. The first-order valence-electron chi connectivity index (χ1n) is 11.0. The Morgan fingerprint density at radius 3 is 2.45 bits per heavy atom. The number of hydrogen-bond acceptors (Lipinski definition) is 3. The summed E-state index contributed by atoms with van der Waals surface area (Å²) in [5.41, 5.74) is 1.46. The van der Waals surface area contributed by atoms with Crippen LogP contribution in [0.5, 0.6) is 0 Å². The number of carbonyl (C=O) groups excluding carboxylic acids is 1. The zero-order chi connectivity index (χ0) is 21.3. The van der Waals surface area contributed by atoms with Crippen molar-refractivity contribution < 1.29 is 19.5 Å². The summed E-state index contributed by atoms with van der Waals surface area (Å²) < 4.78 is 0. The molecule has 0 saturated heterocycles. The average molecular weight is 404 g/mol. The normalized spacial score (nSPS) is 11.1. The highest BCUT2D eigenvalue weighted by Gasteiger charge is 2.19. The molecule has 5 heteroatoms. The Hall–Kier alpha value is -2.14. The van der Waals surface area contributed by atoms with E-state index in [2.05, 4.69) is 19.9 Å². The van der Waals surface area contributed by atoms with Gasteiger partial charge in [-0.25, -0.2) is 5.06 Å². The fraction of sp³-hybridized carbons (Fsp3) is 0.583. The molecule has 5 nitrogen and oxygen atoms in total. The molecular formula is C24H37NO4. The molecule has 0 heterocycles. The van der Waals surface area contributed by atoms with Gasteiger partial charge in [-0.1, -0.05) is 76.3 Å². The van der Waals surface area contributed by atoms with Crippen molar-refractivity contribution in [3.05, 3.63) is 41.5 Å². The van der Waals surface area contributed by atoms with Crippen molar-refractivity contribution in [2.45, 2.75) is 78.1 Å². The molecular weight excluding hydrogens is 366 g/mol. The van der Waals surface area contributed by atoms with E-state index in [4.69, 9.17) is 9.94 Å². The summed E-state index contributed by atoms with van der Waals surface area (Å²) in [6, 6.07) is 7.50. The van der Waals surface area contributed by atoms with Crippen molar-refractivity contribution in [1.82, 2.24) is 5.06 Å². The van der Waals surface area contributed by atoms with Crippen molar-refractivity contribution in [2.24, 2.45) is 0 Å². The minimum absolute atomic E-state index is 0.0153. The van der Waals surface area contributed by atoms with Gasteiger partial charge in [0.2, 0.25) is 0 Å². The number of carboxylic acids is 1. The van der Waals surface area contributed by atoms with Crippen LogP contribution in [0.1, 0.15) is 94.0 Å². The molecule has 1 N–H and O–H groups in total. The summed E-state index contributed by atoms with van der Waals surface area (Å²) in [7, 11) is 0. The van der Waals surface area contributed by atoms with Crippen molar-refractivity contribution in [3.63, 3.8) is 0 Å². The zero-order valence-electron chi connectivity index (χ0n) is 18.1. The second kappa shape index (κ2) is 15.7. The molecule has 1 amide bonds. The van der Waals surface area contributed by atoms with Crippen LogP contribution >= 0.6 is 0 Å². The van der Waals surface area contributed by atoms with E-state index >= 15 is 0 Å². The van der Waals surface area contributed by atoms with Gasteiger partial charge < -0.3 is 5.11 Å². The van der Waals surface area contributed by atoms with Crippen LogP contribution in [-0.2, 0) is 9.63 Å². The first kappa shape index (κ1) is 24.9. The van der Waals surface area contributed by atoms with Crippen LogP contribution in [0.3, 0.4) is 0 Å².